The molecule has 2 aromatic rings. The molecular formula is C19H23ClN2O. The molecule has 2 unspecified atom stereocenters. The average Bonchev–Trinajstić information content (AvgIpc) is 2.55. The van der Waals surface area contributed by atoms with E-state index in [9.17, 15) is 4.79 Å². The van der Waals surface area contributed by atoms with Gasteiger partial charge in [0.25, 0.3) is 0 Å². The maximum absolute atomic E-state index is 12.4. The van der Waals surface area contributed by atoms with Gasteiger partial charge in [-0.05, 0) is 42.9 Å². The molecule has 0 aromatic heterocycles. The number of nitrogens with two attached hydrogens (primary N) is 1. The predicted octanol–water partition coefficient (Wildman–Crippen LogP) is 3.09. The van der Waals surface area contributed by atoms with Crippen molar-refractivity contribution in [3.05, 3.63) is 70.8 Å². The summed E-state index contributed by atoms with van der Waals surface area (Å²) < 4.78 is 0. The molecule has 3 N–H and O–H groups in total. The lowest BCUT2D eigenvalue weighted by atomic mass is 9.88. The van der Waals surface area contributed by atoms with E-state index in [1.807, 2.05) is 31.2 Å². The summed E-state index contributed by atoms with van der Waals surface area (Å²) in [4.78, 5) is 12.4. The molecule has 1 aliphatic rings. The van der Waals surface area contributed by atoms with E-state index >= 15 is 0 Å². The van der Waals surface area contributed by atoms with Gasteiger partial charge in [-0.15, -0.1) is 12.4 Å². The fraction of sp³-hybridized carbons (Fsp3) is 0.316. The van der Waals surface area contributed by atoms with Crippen molar-refractivity contribution in [3.63, 3.8) is 0 Å². The number of nitrogens with one attached hydrogen (secondary N) is 1. The maximum Gasteiger partial charge on any atom is 0.241 e. The topological polar surface area (TPSA) is 55.1 Å². The Hall–Kier alpha value is -1.84. The van der Waals surface area contributed by atoms with Crippen LogP contribution < -0.4 is 11.1 Å². The minimum atomic E-state index is -0.599. The van der Waals surface area contributed by atoms with Crippen LogP contribution in [0.5, 0.6) is 0 Å². The molecule has 1 amide bonds. The lowest BCUT2D eigenvalue weighted by Gasteiger charge is -2.26. The second-order valence-corrected chi connectivity index (χ2v) is 6.11. The Balaban J connectivity index is 0.00000192. The fourth-order valence-corrected chi connectivity index (χ4v) is 3.04. The lowest BCUT2D eigenvalue weighted by Crippen LogP contribution is -2.43. The van der Waals surface area contributed by atoms with E-state index in [2.05, 4.69) is 29.6 Å². The summed E-state index contributed by atoms with van der Waals surface area (Å²) in [6.45, 7) is 2.02. The molecule has 23 heavy (non-hydrogen) atoms. The number of carbonyl (C=O) groups is 1. The highest BCUT2D eigenvalue weighted by Crippen LogP contribution is 2.21. The quantitative estimate of drug-likeness (QED) is 0.908. The van der Waals surface area contributed by atoms with Crippen molar-refractivity contribution in [2.24, 2.45) is 5.73 Å². The monoisotopic (exact) mass is 330 g/mol. The van der Waals surface area contributed by atoms with E-state index in [1.165, 1.54) is 16.7 Å². The fourth-order valence-electron chi connectivity index (χ4n) is 3.04. The van der Waals surface area contributed by atoms with Gasteiger partial charge in [-0.1, -0.05) is 54.1 Å². The SMILES string of the molecule is Cc1ccc(C(N)C(=O)NC2CCc3ccccc3C2)cc1.Cl. The van der Waals surface area contributed by atoms with E-state index in [-0.39, 0.29) is 24.4 Å². The molecule has 0 fully saturated rings. The van der Waals surface area contributed by atoms with Gasteiger partial charge >= 0.3 is 0 Å². The number of carbonyl (C=O) groups excluding carboxylic acids is 1. The second kappa shape index (κ2) is 7.62. The van der Waals surface area contributed by atoms with Gasteiger partial charge in [0.15, 0.2) is 0 Å². The molecule has 1 aliphatic carbocycles. The molecule has 0 spiro atoms. The van der Waals surface area contributed by atoms with Crippen molar-refractivity contribution < 1.29 is 4.79 Å². The van der Waals surface area contributed by atoms with Gasteiger partial charge in [-0.2, -0.15) is 0 Å². The first-order valence-corrected chi connectivity index (χ1v) is 7.83. The van der Waals surface area contributed by atoms with Gasteiger partial charge in [0.05, 0.1) is 0 Å². The molecule has 3 nitrogen and oxygen atoms in total. The highest BCUT2D eigenvalue weighted by atomic mass is 35.5. The Morgan fingerprint density at radius 2 is 1.78 bits per heavy atom. The number of aryl methyl sites for hydroxylation is 2. The van der Waals surface area contributed by atoms with Crippen LogP contribution in [0.25, 0.3) is 0 Å². The predicted molar refractivity (Wildman–Crippen MR) is 95.8 cm³/mol. The van der Waals surface area contributed by atoms with Gasteiger partial charge in [0.1, 0.15) is 6.04 Å². The van der Waals surface area contributed by atoms with Crippen LogP contribution in [0, 0.1) is 6.92 Å². The molecule has 2 atom stereocenters. The van der Waals surface area contributed by atoms with E-state index in [1.54, 1.807) is 0 Å². The van der Waals surface area contributed by atoms with Crippen LogP contribution in [-0.4, -0.2) is 11.9 Å². The first kappa shape index (κ1) is 17.5. The zero-order valence-corrected chi connectivity index (χ0v) is 14.1. The standard InChI is InChI=1S/C19H22N2O.ClH/c1-13-6-8-15(9-7-13)18(20)19(22)21-17-11-10-14-4-2-3-5-16(14)12-17;/h2-9,17-18H,10-12,20H2,1H3,(H,21,22);1H. The minimum absolute atomic E-state index is 0. The number of hydrogen-bond donors (Lipinski definition) is 2. The number of rotatable bonds is 3. The summed E-state index contributed by atoms with van der Waals surface area (Å²) in [5, 5.41) is 3.11. The molecule has 0 bridgehead atoms. The first-order chi connectivity index (χ1) is 10.6. The van der Waals surface area contributed by atoms with Crippen molar-refractivity contribution in [3.8, 4) is 0 Å². The van der Waals surface area contributed by atoms with Crippen LogP contribution in [0.2, 0.25) is 0 Å². The van der Waals surface area contributed by atoms with Crippen molar-refractivity contribution >= 4 is 18.3 Å². The molecule has 4 heteroatoms. The third-order valence-corrected chi connectivity index (χ3v) is 4.41. The molecule has 0 saturated carbocycles. The van der Waals surface area contributed by atoms with Crippen molar-refractivity contribution in [1.82, 2.24) is 5.32 Å². The highest BCUT2D eigenvalue weighted by Gasteiger charge is 2.23. The molecule has 0 heterocycles. The zero-order valence-electron chi connectivity index (χ0n) is 13.3. The van der Waals surface area contributed by atoms with E-state index in [0.717, 1.165) is 24.8 Å². The van der Waals surface area contributed by atoms with Crippen molar-refractivity contribution in [1.29, 1.82) is 0 Å². The Morgan fingerprint density at radius 1 is 1.13 bits per heavy atom. The highest BCUT2D eigenvalue weighted by molar-refractivity contribution is 5.85. The van der Waals surface area contributed by atoms with Gasteiger partial charge in [0.2, 0.25) is 5.91 Å². The Bertz CT molecular complexity index is 669. The number of fused-ring (bicyclic) bond motifs is 1. The normalized spacial score (nSPS) is 17.6. The largest absolute Gasteiger partial charge is 0.351 e. The molecule has 122 valence electrons. The van der Waals surface area contributed by atoms with Crippen LogP contribution >= 0.6 is 12.4 Å². The second-order valence-electron chi connectivity index (χ2n) is 6.11. The average molecular weight is 331 g/mol. The molecule has 0 radical (unpaired) electrons. The van der Waals surface area contributed by atoms with Gasteiger partial charge in [-0.3, -0.25) is 4.79 Å². The summed E-state index contributed by atoms with van der Waals surface area (Å²) in [6.07, 6.45) is 2.88. The third-order valence-electron chi connectivity index (χ3n) is 4.41. The zero-order chi connectivity index (χ0) is 15.5. The molecule has 2 aromatic carbocycles. The van der Waals surface area contributed by atoms with Crippen LogP contribution in [0.3, 0.4) is 0 Å². The Labute approximate surface area is 143 Å². The van der Waals surface area contributed by atoms with Crippen LogP contribution in [0.4, 0.5) is 0 Å². The minimum Gasteiger partial charge on any atom is -0.351 e. The molecular weight excluding hydrogens is 308 g/mol. The molecule has 3 rings (SSSR count). The molecule has 0 saturated heterocycles. The van der Waals surface area contributed by atoms with E-state index in [4.69, 9.17) is 5.73 Å². The number of halogens is 1. The molecule has 0 aliphatic heterocycles. The van der Waals surface area contributed by atoms with E-state index < -0.39 is 6.04 Å². The van der Waals surface area contributed by atoms with Crippen molar-refractivity contribution in [2.45, 2.75) is 38.3 Å². The van der Waals surface area contributed by atoms with Crippen molar-refractivity contribution in [2.75, 3.05) is 0 Å². The summed E-state index contributed by atoms with van der Waals surface area (Å²) in [7, 11) is 0. The smallest absolute Gasteiger partial charge is 0.241 e. The van der Waals surface area contributed by atoms with Crippen LogP contribution in [-0.2, 0) is 17.6 Å². The van der Waals surface area contributed by atoms with Gasteiger partial charge < -0.3 is 11.1 Å². The number of amides is 1. The lowest BCUT2D eigenvalue weighted by molar-refractivity contribution is -0.123. The third kappa shape index (κ3) is 4.12. The van der Waals surface area contributed by atoms with Gasteiger partial charge in [0, 0.05) is 6.04 Å². The summed E-state index contributed by atoms with van der Waals surface area (Å²) in [5.41, 5.74) is 10.9. The van der Waals surface area contributed by atoms with Crippen LogP contribution in [0.1, 0.15) is 34.7 Å². The Kier molecular flexibility index (Phi) is 5.80. The Morgan fingerprint density at radius 3 is 2.48 bits per heavy atom. The van der Waals surface area contributed by atoms with E-state index in [0.29, 0.717) is 0 Å². The number of benzene rings is 2. The summed E-state index contributed by atoms with van der Waals surface area (Å²) in [6, 6.07) is 15.9. The maximum atomic E-state index is 12.4. The van der Waals surface area contributed by atoms with Gasteiger partial charge in [-0.25, -0.2) is 0 Å². The summed E-state index contributed by atoms with van der Waals surface area (Å²) >= 11 is 0. The van der Waals surface area contributed by atoms with Crippen LogP contribution in [0.15, 0.2) is 48.5 Å². The first-order valence-electron chi connectivity index (χ1n) is 7.83. The summed E-state index contributed by atoms with van der Waals surface area (Å²) in [5.74, 6) is -0.0896. The number of hydrogen-bond acceptors (Lipinski definition) is 2.